The number of carbonyl (C=O) groups is 1. The van der Waals surface area contributed by atoms with Gasteiger partial charge in [-0.15, -0.1) is 10.2 Å². The van der Waals surface area contributed by atoms with Crippen LogP contribution in [0.4, 0.5) is 0 Å². The van der Waals surface area contributed by atoms with Crippen LogP contribution in [0.25, 0.3) is 17.2 Å². The number of para-hydroxylation sites is 1. The van der Waals surface area contributed by atoms with E-state index in [1.807, 2.05) is 34.9 Å². The third-order valence-corrected chi connectivity index (χ3v) is 4.67. The van der Waals surface area contributed by atoms with Gasteiger partial charge in [0, 0.05) is 18.7 Å². The Hall–Kier alpha value is -2.96. The number of nitrogens with one attached hydrogen (secondary N) is 1. The highest BCUT2D eigenvalue weighted by Gasteiger charge is 2.30. The van der Waals surface area contributed by atoms with Crippen molar-refractivity contribution in [2.45, 2.75) is 25.3 Å². The minimum atomic E-state index is -0.0113. The summed E-state index contributed by atoms with van der Waals surface area (Å²) in [6, 6.07) is 9.61. The normalized spacial score (nSPS) is 16.7. The Morgan fingerprint density at radius 2 is 2.04 bits per heavy atom. The van der Waals surface area contributed by atoms with E-state index >= 15 is 0 Å². The van der Waals surface area contributed by atoms with Crippen LogP contribution in [0.15, 0.2) is 30.3 Å². The maximum atomic E-state index is 12.6. The summed E-state index contributed by atoms with van der Waals surface area (Å²) in [4.78, 5) is 14.3. The van der Waals surface area contributed by atoms with E-state index in [0.29, 0.717) is 23.9 Å². The van der Waals surface area contributed by atoms with Crippen LogP contribution in [0.5, 0.6) is 0 Å². The van der Waals surface area contributed by atoms with Crippen molar-refractivity contribution in [2.75, 3.05) is 7.05 Å². The van der Waals surface area contributed by atoms with Gasteiger partial charge < -0.3 is 4.90 Å². The van der Waals surface area contributed by atoms with Crippen LogP contribution in [0.1, 0.15) is 40.6 Å². The average Bonchev–Trinajstić information content (AvgIpc) is 3.21. The molecule has 1 aliphatic heterocycles. The molecule has 1 amide bonds. The Kier molecular flexibility index (Phi) is 2.68. The van der Waals surface area contributed by atoms with Crippen LogP contribution in [0.2, 0.25) is 0 Å². The molecule has 120 valence electrons. The van der Waals surface area contributed by atoms with Crippen molar-refractivity contribution in [3.8, 4) is 17.2 Å². The molecule has 2 aromatic heterocycles. The van der Waals surface area contributed by atoms with Crippen LogP contribution < -0.4 is 0 Å². The number of benzene rings is 1. The summed E-state index contributed by atoms with van der Waals surface area (Å²) < 4.78 is 1.95. The van der Waals surface area contributed by atoms with Crippen molar-refractivity contribution in [1.29, 1.82) is 0 Å². The van der Waals surface area contributed by atoms with Crippen LogP contribution >= 0.6 is 0 Å². The van der Waals surface area contributed by atoms with Gasteiger partial charge in [0.2, 0.25) is 0 Å². The molecule has 7 nitrogen and oxygen atoms in total. The molecule has 0 saturated heterocycles. The van der Waals surface area contributed by atoms with Crippen molar-refractivity contribution in [3.63, 3.8) is 0 Å². The van der Waals surface area contributed by atoms with Gasteiger partial charge in [0.15, 0.2) is 11.6 Å². The summed E-state index contributed by atoms with van der Waals surface area (Å²) >= 11 is 0. The average molecular weight is 320 g/mol. The Labute approximate surface area is 138 Å². The first-order valence-corrected chi connectivity index (χ1v) is 8.07. The number of hydrogen-bond donors (Lipinski definition) is 1. The van der Waals surface area contributed by atoms with Crippen molar-refractivity contribution in [2.24, 2.45) is 0 Å². The van der Waals surface area contributed by atoms with Gasteiger partial charge in [0.1, 0.15) is 5.69 Å². The van der Waals surface area contributed by atoms with Gasteiger partial charge in [0.25, 0.3) is 5.91 Å². The summed E-state index contributed by atoms with van der Waals surface area (Å²) in [5, 5.41) is 16.2. The lowest BCUT2D eigenvalue weighted by atomic mass is 10.1. The van der Waals surface area contributed by atoms with E-state index in [1.165, 1.54) is 12.8 Å². The number of hydrogen-bond acceptors (Lipinski definition) is 4. The minimum absolute atomic E-state index is 0.0113. The van der Waals surface area contributed by atoms with Crippen molar-refractivity contribution in [1.82, 2.24) is 29.9 Å². The predicted octanol–water partition coefficient (Wildman–Crippen LogP) is 2.12. The fraction of sp³-hybridized carbons (Fsp3) is 0.294. The van der Waals surface area contributed by atoms with E-state index in [0.717, 1.165) is 22.9 Å². The fourth-order valence-corrected chi connectivity index (χ4v) is 3.23. The molecule has 3 heterocycles. The van der Waals surface area contributed by atoms with Gasteiger partial charge in [-0.25, -0.2) is 0 Å². The molecule has 0 bridgehead atoms. The molecule has 1 aliphatic carbocycles. The topological polar surface area (TPSA) is 79.7 Å². The van der Waals surface area contributed by atoms with E-state index < -0.39 is 0 Å². The Balaban J connectivity index is 1.71. The molecule has 3 aromatic rings. The van der Waals surface area contributed by atoms with E-state index in [-0.39, 0.29) is 5.91 Å². The summed E-state index contributed by atoms with van der Waals surface area (Å²) in [7, 11) is 1.78. The van der Waals surface area contributed by atoms with Gasteiger partial charge in [-0.2, -0.15) is 5.10 Å². The molecular weight excluding hydrogens is 304 g/mol. The van der Waals surface area contributed by atoms with Crippen LogP contribution in [-0.4, -0.2) is 42.8 Å². The van der Waals surface area contributed by atoms with Crippen LogP contribution in [0, 0.1) is 0 Å². The zero-order valence-electron chi connectivity index (χ0n) is 13.2. The summed E-state index contributed by atoms with van der Waals surface area (Å²) in [5.41, 5.74) is 3.37. The van der Waals surface area contributed by atoms with Gasteiger partial charge in [-0.1, -0.05) is 12.1 Å². The summed E-state index contributed by atoms with van der Waals surface area (Å²) in [6.07, 6.45) is 2.42. The number of aromatic nitrogens is 5. The number of H-pyrrole nitrogens is 1. The van der Waals surface area contributed by atoms with Crippen LogP contribution in [0.3, 0.4) is 0 Å². The lowest BCUT2D eigenvalue weighted by molar-refractivity contribution is 0.0786. The zero-order chi connectivity index (χ0) is 16.3. The minimum Gasteiger partial charge on any atom is -0.334 e. The molecule has 1 N–H and O–H groups in total. The first-order chi connectivity index (χ1) is 11.7. The molecule has 1 aromatic carbocycles. The molecule has 1 fully saturated rings. The SMILES string of the molecule is CN1Cc2nnc(-c3cc(C4CC4)[nH]n3)n2-c2ccccc2C1=O. The third kappa shape index (κ3) is 1.90. The molecule has 7 heteroatoms. The van der Waals surface area contributed by atoms with E-state index in [9.17, 15) is 4.79 Å². The fourth-order valence-electron chi connectivity index (χ4n) is 3.23. The lowest BCUT2D eigenvalue weighted by Gasteiger charge is -2.12. The van der Waals surface area contributed by atoms with Crippen LogP contribution in [-0.2, 0) is 6.54 Å². The van der Waals surface area contributed by atoms with Crippen molar-refractivity contribution in [3.05, 3.63) is 47.4 Å². The molecule has 24 heavy (non-hydrogen) atoms. The quantitative estimate of drug-likeness (QED) is 0.784. The van der Waals surface area contributed by atoms with Gasteiger partial charge in [-0.3, -0.25) is 14.5 Å². The summed E-state index contributed by atoms with van der Waals surface area (Å²) in [6.45, 7) is 0.417. The molecular formula is C17H16N6O. The molecule has 0 spiro atoms. The molecule has 0 atom stereocenters. The van der Waals surface area contributed by atoms with E-state index in [4.69, 9.17) is 0 Å². The molecule has 5 rings (SSSR count). The number of fused-ring (bicyclic) bond motifs is 3. The second kappa shape index (κ2) is 4.77. The first kappa shape index (κ1) is 13.5. The number of carbonyl (C=O) groups excluding carboxylic acids is 1. The summed E-state index contributed by atoms with van der Waals surface area (Å²) in [5.74, 6) is 1.99. The van der Waals surface area contributed by atoms with Crippen molar-refractivity contribution >= 4 is 5.91 Å². The maximum absolute atomic E-state index is 12.6. The number of aromatic amines is 1. The molecule has 0 radical (unpaired) electrons. The number of nitrogens with zero attached hydrogens (tertiary/aromatic N) is 5. The molecule has 1 saturated carbocycles. The van der Waals surface area contributed by atoms with Gasteiger partial charge in [0.05, 0.1) is 17.8 Å². The zero-order valence-corrected chi connectivity index (χ0v) is 13.2. The number of amides is 1. The van der Waals surface area contributed by atoms with E-state index in [1.54, 1.807) is 11.9 Å². The second-order valence-electron chi connectivity index (χ2n) is 6.44. The lowest BCUT2D eigenvalue weighted by Crippen LogP contribution is -2.25. The highest BCUT2D eigenvalue weighted by Crippen LogP contribution is 2.40. The monoisotopic (exact) mass is 320 g/mol. The predicted molar refractivity (Wildman–Crippen MR) is 86.7 cm³/mol. The maximum Gasteiger partial charge on any atom is 0.256 e. The largest absolute Gasteiger partial charge is 0.334 e. The van der Waals surface area contributed by atoms with E-state index in [2.05, 4.69) is 20.4 Å². The first-order valence-electron chi connectivity index (χ1n) is 8.07. The second-order valence-corrected chi connectivity index (χ2v) is 6.44. The van der Waals surface area contributed by atoms with Crippen molar-refractivity contribution < 1.29 is 4.79 Å². The Morgan fingerprint density at radius 1 is 1.21 bits per heavy atom. The highest BCUT2D eigenvalue weighted by atomic mass is 16.2. The standard InChI is InChI=1S/C17H16N6O/c1-22-9-15-20-21-16(13-8-12(18-19-13)10-6-7-10)23(15)14-5-3-2-4-11(14)17(22)24/h2-5,8,10H,6-7,9H2,1H3,(H,18,19). The van der Waals surface area contributed by atoms with Gasteiger partial charge in [-0.05, 0) is 31.0 Å². The molecule has 0 unspecified atom stereocenters. The van der Waals surface area contributed by atoms with Gasteiger partial charge >= 0.3 is 0 Å². The Bertz CT molecular complexity index is 952. The number of rotatable bonds is 2. The smallest absolute Gasteiger partial charge is 0.256 e. The molecule has 2 aliphatic rings. The highest BCUT2D eigenvalue weighted by molar-refractivity contribution is 5.98. The Morgan fingerprint density at radius 3 is 2.88 bits per heavy atom. The third-order valence-electron chi connectivity index (χ3n) is 4.67.